The molecule has 2 aliphatic heterocycles. The van der Waals surface area contributed by atoms with Crippen LogP contribution in [0.15, 0.2) is 0 Å². The van der Waals surface area contributed by atoms with Crippen molar-refractivity contribution in [3.05, 3.63) is 0 Å². The lowest BCUT2D eigenvalue weighted by molar-refractivity contribution is -0.131. The van der Waals surface area contributed by atoms with E-state index < -0.39 is 0 Å². The first-order chi connectivity index (χ1) is 8.25. The molecule has 0 spiro atoms. The van der Waals surface area contributed by atoms with E-state index >= 15 is 0 Å². The van der Waals surface area contributed by atoms with Gasteiger partial charge in [-0.3, -0.25) is 9.69 Å². The number of hydrogen-bond donors (Lipinski definition) is 1. The minimum absolute atomic E-state index is 0.146. The standard InChI is InChI=1S/C13H22N2O2/c16-12-4-2-1-3-11(12)14-7-8-15-10(9-14)5-6-13(15)17/h10-12,16H,1-9H2. The van der Waals surface area contributed by atoms with Gasteiger partial charge in [0.05, 0.1) is 6.10 Å². The van der Waals surface area contributed by atoms with E-state index in [0.717, 1.165) is 45.3 Å². The van der Waals surface area contributed by atoms with Crippen molar-refractivity contribution in [2.75, 3.05) is 19.6 Å². The molecule has 2 saturated heterocycles. The zero-order chi connectivity index (χ0) is 11.8. The van der Waals surface area contributed by atoms with Crippen LogP contribution in [-0.2, 0) is 4.79 Å². The van der Waals surface area contributed by atoms with E-state index in [9.17, 15) is 9.90 Å². The van der Waals surface area contributed by atoms with Gasteiger partial charge >= 0.3 is 0 Å². The van der Waals surface area contributed by atoms with E-state index in [2.05, 4.69) is 4.90 Å². The molecule has 0 radical (unpaired) electrons. The molecule has 2 heterocycles. The molecule has 1 saturated carbocycles. The first kappa shape index (κ1) is 11.5. The predicted octanol–water partition coefficient (Wildman–Crippen LogP) is 0.597. The number of nitrogens with zero attached hydrogens (tertiary/aromatic N) is 2. The summed E-state index contributed by atoms with van der Waals surface area (Å²) >= 11 is 0. The third-order valence-corrected chi connectivity index (χ3v) is 4.69. The second-order valence-corrected chi connectivity index (χ2v) is 5.69. The van der Waals surface area contributed by atoms with Crippen molar-refractivity contribution in [1.29, 1.82) is 0 Å². The van der Waals surface area contributed by atoms with Gasteiger partial charge in [0.1, 0.15) is 0 Å². The van der Waals surface area contributed by atoms with Crippen LogP contribution in [-0.4, -0.2) is 58.6 Å². The summed E-state index contributed by atoms with van der Waals surface area (Å²) in [6.07, 6.45) is 6.08. The molecule has 0 aromatic carbocycles. The van der Waals surface area contributed by atoms with Gasteiger partial charge < -0.3 is 10.0 Å². The third kappa shape index (κ3) is 2.08. The Balaban J connectivity index is 1.64. The summed E-state index contributed by atoms with van der Waals surface area (Å²) in [5.74, 6) is 0.332. The largest absolute Gasteiger partial charge is 0.391 e. The summed E-state index contributed by atoms with van der Waals surface area (Å²) in [7, 11) is 0. The fourth-order valence-corrected chi connectivity index (χ4v) is 3.71. The zero-order valence-corrected chi connectivity index (χ0v) is 10.3. The molecule has 4 heteroatoms. The Morgan fingerprint density at radius 3 is 2.76 bits per heavy atom. The average Bonchev–Trinajstić information content (AvgIpc) is 2.71. The Morgan fingerprint density at radius 2 is 1.94 bits per heavy atom. The number of hydrogen-bond acceptors (Lipinski definition) is 3. The highest BCUT2D eigenvalue weighted by Gasteiger charge is 2.39. The minimum atomic E-state index is -0.146. The van der Waals surface area contributed by atoms with Crippen LogP contribution >= 0.6 is 0 Å². The smallest absolute Gasteiger partial charge is 0.222 e. The zero-order valence-electron chi connectivity index (χ0n) is 10.3. The maximum absolute atomic E-state index is 11.6. The summed E-state index contributed by atoms with van der Waals surface area (Å²) in [5, 5.41) is 10.1. The van der Waals surface area contributed by atoms with E-state index in [1.807, 2.05) is 4.90 Å². The number of aliphatic hydroxyl groups is 1. The van der Waals surface area contributed by atoms with Gasteiger partial charge in [-0.1, -0.05) is 12.8 Å². The second-order valence-electron chi connectivity index (χ2n) is 5.69. The van der Waals surface area contributed by atoms with Gasteiger partial charge in [-0.05, 0) is 19.3 Å². The molecule has 0 aromatic rings. The molecule has 0 aromatic heterocycles. The Labute approximate surface area is 103 Å². The monoisotopic (exact) mass is 238 g/mol. The molecule has 0 bridgehead atoms. The molecular weight excluding hydrogens is 216 g/mol. The van der Waals surface area contributed by atoms with Crippen molar-refractivity contribution in [3.63, 3.8) is 0 Å². The Hall–Kier alpha value is -0.610. The SMILES string of the molecule is O=C1CCC2CN(C3CCCCC3O)CCN12. The number of carbonyl (C=O) groups is 1. The molecule has 3 unspecified atom stereocenters. The van der Waals surface area contributed by atoms with Crippen LogP contribution in [0.1, 0.15) is 38.5 Å². The highest BCUT2D eigenvalue weighted by molar-refractivity contribution is 5.78. The number of amides is 1. The maximum Gasteiger partial charge on any atom is 0.222 e. The number of rotatable bonds is 1. The third-order valence-electron chi connectivity index (χ3n) is 4.69. The van der Waals surface area contributed by atoms with Crippen LogP contribution in [0.2, 0.25) is 0 Å². The molecule has 3 fully saturated rings. The molecular formula is C13H22N2O2. The number of carbonyl (C=O) groups excluding carboxylic acids is 1. The van der Waals surface area contributed by atoms with Crippen LogP contribution in [0.5, 0.6) is 0 Å². The Morgan fingerprint density at radius 1 is 1.12 bits per heavy atom. The van der Waals surface area contributed by atoms with Crippen molar-refractivity contribution in [2.24, 2.45) is 0 Å². The second kappa shape index (κ2) is 4.58. The number of aliphatic hydroxyl groups excluding tert-OH is 1. The lowest BCUT2D eigenvalue weighted by Crippen LogP contribution is -2.57. The normalized spacial score (nSPS) is 39.5. The molecule has 96 valence electrons. The van der Waals surface area contributed by atoms with E-state index in [0.29, 0.717) is 18.0 Å². The Kier molecular flexibility index (Phi) is 3.09. The van der Waals surface area contributed by atoms with Crippen molar-refractivity contribution in [1.82, 2.24) is 9.80 Å². The van der Waals surface area contributed by atoms with E-state index in [-0.39, 0.29) is 6.10 Å². The van der Waals surface area contributed by atoms with Crippen molar-refractivity contribution < 1.29 is 9.90 Å². The van der Waals surface area contributed by atoms with Gasteiger partial charge in [0.25, 0.3) is 0 Å². The fraction of sp³-hybridized carbons (Fsp3) is 0.923. The van der Waals surface area contributed by atoms with E-state index in [1.54, 1.807) is 0 Å². The molecule has 4 nitrogen and oxygen atoms in total. The summed E-state index contributed by atoms with van der Waals surface area (Å²) in [6.45, 7) is 2.80. The maximum atomic E-state index is 11.6. The number of fused-ring (bicyclic) bond motifs is 1. The van der Waals surface area contributed by atoms with Gasteiger partial charge in [-0.2, -0.15) is 0 Å². The van der Waals surface area contributed by atoms with Crippen LogP contribution in [0.25, 0.3) is 0 Å². The highest BCUT2D eigenvalue weighted by Crippen LogP contribution is 2.28. The molecule has 3 aliphatic rings. The van der Waals surface area contributed by atoms with Gasteiger partial charge in [0.2, 0.25) is 5.91 Å². The molecule has 3 rings (SSSR count). The lowest BCUT2D eigenvalue weighted by atomic mass is 9.90. The fourth-order valence-electron chi connectivity index (χ4n) is 3.71. The van der Waals surface area contributed by atoms with Crippen molar-refractivity contribution in [2.45, 2.75) is 56.7 Å². The molecule has 17 heavy (non-hydrogen) atoms. The average molecular weight is 238 g/mol. The van der Waals surface area contributed by atoms with Crippen LogP contribution < -0.4 is 0 Å². The summed E-state index contributed by atoms with van der Waals surface area (Å²) < 4.78 is 0. The van der Waals surface area contributed by atoms with Gasteiger partial charge in [-0.25, -0.2) is 0 Å². The summed E-state index contributed by atoms with van der Waals surface area (Å²) in [6, 6.07) is 0.770. The van der Waals surface area contributed by atoms with Gasteiger partial charge in [0.15, 0.2) is 0 Å². The van der Waals surface area contributed by atoms with Gasteiger partial charge in [0, 0.05) is 38.1 Å². The molecule has 1 aliphatic carbocycles. The molecule has 1 N–H and O–H groups in total. The molecule has 1 amide bonds. The first-order valence-electron chi connectivity index (χ1n) is 6.97. The van der Waals surface area contributed by atoms with Gasteiger partial charge in [-0.15, -0.1) is 0 Å². The van der Waals surface area contributed by atoms with Crippen LogP contribution in [0, 0.1) is 0 Å². The first-order valence-corrected chi connectivity index (χ1v) is 6.97. The quantitative estimate of drug-likeness (QED) is 0.727. The van der Waals surface area contributed by atoms with Crippen molar-refractivity contribution in [3.8, 4) is 0 Å². The number of piperazine rings is 1. The summed E-state index contributed by atoms with van der Waals surface area (Å²) in [4.78, 5) is 16.1. The van der Waals surface area contributed by atoms with Crippen molar-refractivity contribution >= 4 is 5.91 Å². The van der Waals surface area contributed by atoms with Crippen LogP contribution in [0.3, 0.4) is 0 Å². The van der Waals surface area contributed by atoms with E-state index in [1.165, 1.54) is 12.8 Å². The van der Waals surface area contributed by atoms with Crippen LogP contribution in [0.4, 0.5) is 0 Å². The molecule has 3 atom stereocenters. The summed E-state index contributed by atoms with van der Waals surface area (Å²) in [5.41, 5.74) is 0. The minimum Gasteiger partial charge on any atom is -0.391 e. The van der Waals surface area contributed by atoms with E-state index in [4.69, 9.17) is 0 Å². The Bertz CT molecular complexity index is 308. The topological polar surface area (TPSA) is 43.8 Å². The lowest BCUT2D eigenvalue weighted by Gasteiger charge is -2.44. The highest BCUT2D eigenvalue weighted by atomic mass is 16.3. The predicted molar refractivity (Wildman–Crippen MR) is 64.6 cm³/mol.